The molecular formula is C13H20N2O4. The molecule has 0 aliphatic rings. The van der Waals surface area contributed by atoms with Crippen LogP contribution >= 0.6 is 0 Å². The molecule has 1 aromatic carbocycles. The first-order valence-electron chi connectivity index (χ1n) is 5.97. The molecule has 0 fully saturated rings. The molecule has 3 N–H and O–H groups in total. The van der Waals surface area contributed by atoms with Gasteiger partial charge in [0.2, 0.25) is 0 Å². The molecule has 1 aromatic rings. The summed E-state index contributed by atoms with van der Waals surface area (Å²) in [4.78, 5) is 11.9. The molecule has 0 heterocycles. The summed E-state index contributed by atoms with van der Waals surface area (Å²) in [7, 11) is 3.14. The van der Waals surface area contributed by atoms with Gasteiger partial charge in [0, 0.05) is 31.0 Å². The molecule has 1 rings (SSSR count). The lowest BCUT2D eigenvalue weighted by atomic mass is 10.2. The Morgan fingerprint density at radius 3 is 2.68 bits per heavy atom. The Balaban J connectivity index is 2.39. The van der Waals surface area contributed by atoms with Gasteiger partial charge in [0.25, 0.3) is 5.91 Å². The predicted octanol–water partition coefficient (Wildman–Crippen LogP) is 0.670. The number of amides is 1. The van der Waals surface area contributed by atoms with Gasteiger partial charge in [-0.2, -0.15) is 0 Å². The first kappa shape index (κ1) is 15.3. The minimum absolute atomic E-state index is 0.207. The molecule has 0 saturated carbocycles. The molecule has 6 nitrogen and oxygen atoms in total. The van der Waals surface area contributed by atoms with Gasteiger partial charge in [0.05, 0.1) is 26.9 Å². The molecule has 0 aliphatic heterocycles. The van der Waals surface area contributed by atoms with E-state index in [0.717, 1.165) is 0 Å². The molecule has 0 bridgehead atoms. The average Bonchev–Trinajstić information content (AvgIpc) is 2.41. The molecule has 0 spiro atoms. The van der Waals surface area contributed by atoms with E-state index in [0.29, 0.717) is 43.4 Å². The van der Waals surface area contributed by atoms with Crippen molar-refractivity contribution in [3.05, 3.63) is 23.8 Å². The fourth-order valence-corrected chi connectivity index (χ4v) is 1.45. The van der Waals surface area contributed by atoms with Crippen molar-refractivity contribution in [3.63, 3.8) is 0 Å². The maximum Gasteiger partial charge on any atom is 0.251 e. The first-order chi connectivity index (χ1) is 9.17. The second-order valence-electron chi connectivity index (χ2n) is 3.86. The smallest absolute Gasteiger partial charge is 0.251 e. The first-order valence-corrected chi connectivity index (χ1v) is 5.97. The van der Waals surface area contributed by atoms with Gasteiger partial charge in [0.1, 0.15) is 5.75 Å². The summed E-state index contributed by atoms with van der Waals surface area (Å²) in [6, 6.07) is 4.89. The molecule has 0 atom stereocenters. The molecule has 6 heteroatoms. The van der Waals surface area contributed by atoms with Crippen molar-refractivity contribution in [1.82, 2.24) is 5.32 Å². The van der Waals surface area contributed by atoms with Crippen LogP contribution in [0.3, 0.4) is 0 Å². The van der Waals surface area contributed by atoms with E-state index >= 15 is 0 Å². The summed E-state index contributed by atoms with van der Waals surface area (Å²) in [5, 5.41) is 2.74. The number of benzene rings is 1. The number of ether oxygens (including phenoxy) is 3. The maximum absolute atomic E-state index is 11.9. The normalized spacial score (nSPS) is 10.2. The number of hydrogen-bond acceptors (Lipinski definition) is 5. The lowest BCUT2D eigenvalue weighted by Crippen LogP contribution is -2.27. The molecule has 0 saturated heterocycles. The Labute approximate surface area is 112 Å². The number of rotatable bonds is 8. The van der Waals surface area contributed by atoms with Crippen LogP contribution in [0.5, 0.6) is 5.75 Å². The lowest BCUT2D eigenvalue weighted by Gasteiger charge is -2.08. The van der Waals surface area contributed by atoms with Gasteiger partial charge in [0.15, 0.2) is 0 Å². The van der Waals surface area contributed by atoms with Crippen LogP contribution in [0.4, 0.5) is 5.69 Å². The minimum atomic E-state index is -0.207. The van der Waals surface area contributed by atoms with Gasteiger partial charge in [-0.05, 0) is 12.1 Å². The van der Waals surface area contributed by atoms with Crippen molar-refractivity contribution in [1.29, 1.82) is 0 Å². The van der Waals surface area contributed by atoms with E-state index < -0.39 is 0 Å². The Kier molecular flexibility index (Phi) is 6.70. The maximum atomic E-state index is 11.9. The zero-order chi connectivity index (χ0) is 14.1. The van der Waals surface area contributed by atoms with Crippen molar-refractivity contribution in [2.24, 2.45) is 0 Å². The van der Waals surface area contributed by atoms with E-state index in [1.54, 1.807) is 25.3 Å². The Bertz CT molecular complexity index is 410. The second kappa shape index (κ2) is 8.34. The molecule has 0 aliphatic carbocycles. The van der Waals surface area contributed by atoms with Gasteiger partial charge in [-0.3, -0.25) is 4.79 Å². The number of anilines is 1. The zero-order valence-electron chi connectivity index (χ0n) is 11.3. The van der Waals surface area contributed by atoms with Gasteiger partial charge in [-0.25, -0.2) is 0 Å². The van der Waals surface area contributed by atoms with Crippen LogP contribution in [0.1, 0.15) is 10.4 Å². The van der Waals surface area contributed by atoms with Crippen LogP contribution < -0.4 is 15.8 Å². The topological polar surface area (TPSA) is 82.8 Å². The number of nitrogens with two attached hydrogens (primary N) is 1. The molecule has 0 aromatic heterocycles. The predicted molar refractivity (Wildman–Crippen MR) is 72.4 cm³/mol. The van der Waals surface area contributed by atoms with E-state index in [2.05, 4.69) is 5.32 Å². The van der Waals surface area contributed by atoms with Gasteiger partial charge in [-0.1, -0.05) is 0 Å². The van der Waals surface area contributed by atoms with Gasteiger partial charge < -0.3 is 25.3 Å². The van der Waals surface area contributed by atoms with Gasteiger partial charge >= 0.3 is 0 Å². The van der Waals surface area contributed by atoms with Gasteiger partial charge in [-0.15, -0.1) is 0 Å². The van der Waals surface area contributed by atoms with E-state index in [1.807, 2.05) is 0 Å². The molecular weight excluding hydrogens is 248 g/mol. The highest BCUT2D eigenvalue weighted by atomic mass is 16.5. The van der Waals surface area contributed by atoms with Crippen LogP contribution in [0.2, 0.25) is 0 Å². The van der Waals surface area contributed by atoms with Crippen LogP contribution in [0, 0.1) is 0 Å². The number of methoxy groups -OCH3 is 2. The quantitative estimate of drug-likeness (QED) is 0.535. The van der Waals surface area contributed by atoms with Crippen molar-refractivity contribution in [2.75, 3.05) is 46.3 Å². The standard InChI is InChI=1S/C13H20N2O4/c1-17-5-6-19-4-3-15-13(16)10-7-11(14)9-12(8-10)18-2/h7-9H,3-6,14H2,1-2H3,(H,15,16). The monoisotopic (exact) mass is 268 g/mol. The number of nitrogens with one attached hydrogen (secondary N) is 1. The lowest BCUT2D eigenvalue weighted by molar-refractivity contribution is 0.0692. The Morgan fingerprint density at radius 2 is 2.00 bits per heavy atom. The summed E-state index contributed by atoms with van der Waals surface area (Å²) in [6.45, 7) is 1.92. The van der Waals surface area contributed by atoms with Crippen LogP contribution in [-0.4, -0.2) is 46.5 Å². The Hall–Kier alpha value is -1.79. The number of hydrogen-bond donors (Lipinski definition) is 2. The summed E-state index contributed by atoms with van der Waals surface area (Å²) in [5.41, 5.74) is 6.64. The van der Waals surface area contributed by atoms with Crippen LogP contribution in [-0.2, 0) is 9.47 Å². The van der Waals surface area contributed by atoms with E-state index in [1.165, 1.54) is 7.11 Å². The third kappa shape index (κ3) is 5.58. The number of nitrogen functional groups attached to an aromatic ring is 1. The SMILES string of the molecule is COCCOCCNC(=O)c1cc(N)cc(OC)c1. The van der Waals surface area contributed by atoms with Crippen LogP contribution in [0.25, 0.3) is 0 Å². The minimum Gasteiger partial charge on any atom is -0.497 e. The third-order valence-corrected chi connectivity index (χ3v) is 2.39. The van der Waals surface area contributed by atoms with Crippen LogP contribution in [0.15, 0.2) is 18.2 Å². The number of carbonyl (C=O) groups is 1. The van der Waals surface area contributed by atoms with Crippen molar-refractivity contribution >= 4 is 11.6 Å². The second-order valence-corrected chi connectivity index (χ2v) is 3.86. The van der Waals surface area contributed by atoms with E-state index in [9.17, 15) is 4.79 Å². The van der Waals surface area contributed by atoms with Crippen molar-refractivity contribution in [3.8, 4) is 5.75 Å². The highest BCUT2D eigenvalue weighted by Gasteiger charge is 2.07. The zero-order valence-corrected chi connectivity index (χ0v) is 11.3. The average molecular weight is 268 g/mol. The molecule has 0 radical (unpaired) electrons. The van der Waals surface area contributed by atoms with E-state index in [-0.39, 0.29) is 5.91 Å². The largest absolute Gasteiger partial charge is 0.497 e. The summed E-state index contributed by atoms with van der Waals surface area (Å²) < 4.78 is 15.1. The fourth-order valence-electron chi connectivity index (χ4n) is 1.45. The highest BCUT2D eigenvalue weighted by molar-refractivity contribution is 5.95. The molecule has 19 heavy (non-hydrogen) atoms. The summed E-state index contributed by atoms with van der Waals surface area (Å²) in [6.07, 6.45) is 0. The number of carbonyl (C=O) groups excluding carboxylic acids is 1. The van der Waals surface area contributed by atoms with Crippen molar-refractivity contribution < 1.29 is 19.0 Å². The molecule has 0 unspecified atom stereocenters. The third-order valence-electron chi connectivity index (χ3n) is 2.39. The summed E-state index contributed by atoms with van der Waals surface area (Å²) in [5.74, 6) is 0.349. The highest BCUT2D eigenvalue weighted by Crippen LogP contribution is 2.18. The fraction of sp³-hybridized carbons (Fsp3) is 0.462. The molecule has 1 amide bonds. The van der Waals surface area contributed by atoms with E-state index in [4.69, 9.17) is 19.9 Å². The molecule has 106 valence electrons. The Morgan fingerprint density at radius 1 is 1.21 bits per heavy atom. The van der Waals surface area contributed by atoms with Crippen molar-refractivity contribution in [2.45, 2.75) is 0 Å². The summed E-state index contributed by atoms with van der Waals surface area (Å²) >= 11 is 0.